The molecule has 1 unspecified atom stereocenters. The number of piperidine rings is 1. The molecule has 2 bridgehead atoms. The lowest BCUT2D eigenvalue weighted by Gasteiger charge is -2.43. The molecule has 5 heteroatoms. The van der Waals surface area contributed by atoms with Crippen LogP contribution in [-0.2, 0) is 10.4 Å². The van der Waals surface area contributed by atoms with E-state index in [9.17, 15) is 9.90 Å². The molecule has 3 heterocycles. The molecule has 0 aromatic carbocycles. The third-order valence-corrected chi connectivity index (χ3v) is 5.33. The maximum atomic E-state index is 12.1. The highest BCUT2D eigenvalue weighted by molar-refractivity contribution is 5.78. The number of carbonyl (C=O) groups excluding carboxylic acids is 1. The standard InChI is InChI=1S/C17H23N3O2/c21-16(19-12-4-5-12)11-20-13-6-7-14(20)10-17(22,9-13)15-3-1-2-8-18-15/h1-3,8,12-14,22H,4-7,9-11H2,(H,19,21)/t13-,14+,17?. The minimum Gasteiger partial charge on any atom is -0.383 e. The second-order valence-electron chi connectivity index (χ2n) is 7.05. The Bertz CT molecular complexity index is 544. The highest BCUT2D eigenvalue weighted by Crippen LogP contribution is 2.44. The fraction of sp³-hybridized carbons (Fsp3) is 0.647. The molecule has 0 spiro atoms. The third-order valence-electron chi connectivity index (χ3n) is 5.33. The predicted octanol–water partition coefficient (Wildman–Crippen LogP) is 1.17. The van der Waals surface area contributed by atoms with Crippen molar-refractivity contribution in [3.63, 3.8) is 0 Å². The summed E-state index contributed by atoms with van der Waals surface area (Å²) in [5.41, 5.74) is -0.0645. The van der Waals surface area contributed by atoms with Crippen LogP contribution in [0.25, 0.3) is 0 Å². The Labute approximate surface area is 130 Å². The number of fused-ring (bicyclic) bond motifs is 2. The van der Waals surface area contributed by atoms with E-state index >= 15 is 0 Å². The summed E-state index contributed by atoms with van der Waals surface area (Å²) in [6.07, 6.45) is 7.47. The van der Waals surface area contributed by atoms with Gasteiger partial charge in [0.15, 0.2) is 0 Å². The summed E-state index contributed by atoms with van der Waals surface area (Å²) in [7, 11) is 0. The van der Waals surface area contributed by atoms with E-state index in [4.69, 9.17) is 0 Å². The molecule has 2 saturated heterocycles. The Hall–Kier alpha value is -1.46. The van der Waals surface area contributed by atoms with Crippen LogP contribution >= 0.6 is 0 Å². The fourth-order valence-electron chi connectivity index (χ4n) is 4.09. The lowest BCUT2D eigenvalue weighted by Crippen LogP contribution is -2.52. The van der Waals surface area contributed by atoms with Crippen molar-refractivity contribution >= 4 is 5.91 Å². The molecule has 0 radical (unpaired) electrons. The Morgan fingerprint density at radius 2 is 2.00 bits per heavy atom. The number of amides is 1. The SMILES string of the molecule is O=C(CN1[C@@H]2CC[C@H]1CC(O)(c1ccccn1)C2)NC1CC1. The Morgan fingerprint density at radius 3 is 2.59 bits per heavy atom. The fourth-order valence-corrected chi connectivity index (χ4v) is 4.09. The van der Waals surface area contributed by atoms with E-state index in [2.05, 4.69) is 15.2 Å². The average Bonchev–Trinajstić information content (AvgIpc) is 3.28. The van der Waals surface area contributed by atoms with Crippen LogP contribution < -0.4 is 5.32 Å². The van der Waals surface area contributed by atoms with Gasteiger partial charge in [0.2, 0.25) is 5.91 Å². The van der Waals surface area contributed by atoms with Gasteiger partial charge >= 0.3 is 0 Å². The summed E-state index contributed by atoms with van der Waals surface area (Å²) in [6.45, 7) is 0.476. The van der Waals surface area contributed by atoms with E-state index < -0.39 is 5.60 Å². The highest BCUT2D eigenvalue weighted by atomic mass is 16.3. The first kappa shape index (κ1) is 14.2. The average molecular weight is 301 g/mol. The highest BCUT2D eigenvalue weighted by Gasteiger charge is 2.49. The number of pyridine rings is 1. The Balaban J connectivity index is 1.46. The van der Waals surface area contributed by atoms with Gasteiger partial charge in [-0.3, -0.25) is 14.7 Å². The van der Waals surface area contributed by atoms with Gasteiger partial charge in [0.05, 0.1) is 12.2 Å². The summed E-state index contributed by atoms with van der Waals surface area (Å²) in [4.78, 5) is 18.7. The van der Waals surface area contributed by atoms with E-state index in [-0.39, 0.29) is 18.0 Å². The summed E-state index contributed by atoms with van der Waals surface area (Å²) in [6, 6.07) is 6.71. The first-order valence-electron chi connectivity index (χ1n) is 8.33. The second kappa shape index (κ2) is 5.32. The van der Waals surface area contributed by atoms with Gasteiger partial charge in [-0.1, -0.05) is 6.07 Å². The zero-order valence-electron chi connectivity index (χ0n) is 12.7. The van der Waals surface area contributed by atoms with Crippen molar-refractivity contribution in [2.45, 2.75) is 62.3 Å². The summed E-state index contributed by atoms with van der Waals surface area (Å²) >= 11 is 0. The molecule has 22 heavy (non-hydrogen) atoms. The number of hydrogen-bond acceptors (Lipinski definition) is 4. The Kier molecular flexibility index (Phi) is 3.42. The smallest absolute Gasteiger partial charge is 0.234 e. The second-order valence-corrected chi connectivity index (χ2v) is 7.05. The van der Waals surface area contributed by atoms with Crippen molar-refractivity contribution in [3.05, 3.63) is 30.1 Å². The largest absolute Gasteiger partial charge is 0.383 e. The van der Waals surface area contributed by atoms with E-state index in [1.165, 1.54) is 0 Å². The van der Waals surface area contributed by atoms with Crippen LogP contribution in [0.4, 0.5) is 0 Å². The number of carbonyl (C=O) groups is 1. The minimum atomic E-state index is -0.837. The molecular formula is C17H23N3O2. The molecule has 1 aromatic heterocycles. The number of aliphatic hydroxyl groups is 1. The van der Waals surface area contributed by atoms with Crippen LogP contribution in [0, 0.1) is 0 Å². The van der Waals surface area contributed by atoms with E-state index in [0.717, 1.165) is 31.4 Å². The van der Waals surface area contributed by atoms with Crippen molar-refractivity contribution < 1.29 is 9.90 Å². The zero-order chi connectivity index (χ0) is 15.2. The van der Waals surface area contributed by atoms with Crippen LogP contribution in [0.1, 0.15) is 44.2 Å². The molecule has 3 aliphatic rings. The molecule has 1 amide bonds. The first-order chi connectivity index (χ1) is 10.6. The van der Waals surface area contributed by atoms with Crippen molar-refractivity contribution in [2.75, 3.05) is 6.54 Å². The number of hydrogen-bond donors (Lipinski definition) is 2. The number of nitrogens with one attached hydrogen (secondary N) is 1. The van der Waals surface area contributed by atoms with Crippen LogP contribution in [0.2, 0.25) is 0 Å². The van der Waals surface area contributed by atoms with Crippen LogP contribution in [0.15, 0.2) is 24.4 Å². The van der Waals surface area contributed by atoms with Gasteiger partial charge < -0.3 is 10.4 Å². The maximum absolute atomic E-state index is 12.1. The summed E-state index contributed by atoms with van der Waals surface area (Å²) < 4.78 is 0. The van der Waals surface area contributed by atoms with Crippen molar-refractivity contribution in [2.24, 2.45) is 0 Å². The lowest BCUT2D eigenvalue weighted by atomic mass is 9.83. The quantitative estimate of drug-likeness (QED) is 0.876. The van der Waals surface area contributed by atoms with Gasteiger partial charge in [0.25, 0.3) is 0 Å². The van der Waals surface area contributed by atoms with Gasteiger partial charge in [0.1, 0.15) is 5.60 Å². The van der Waals surface area contributed by atoms with Crippen LogP contribution in [-0.4, -0.2) is 45.6 Å². The molecule has 1 saturated carbocycles. The molecule has 3 fully saturated rings. The molecule has 2 aliphatic heterocycles. The normalized spacial score (nSPS) is 34.6. The molecule has 4 rings (SSSR count). The Morgan fingerprint density at radius 1 is 1.27 bits per heavy atom. The van der Waals surface area contributed by atoms with Crippen molar-refractivity contribution in [1.82, 2.24) is 15.2 Å². The maximum Gasteiger partial charge on any atom is 0.234 e. The topological polar surface area (TPSA) is 65.5 Å². The number of aromatic nitrogens is 1. The van der Waals surface area contributed by atoms with Gasteiger partial charge in [0, 0.05) is 24.3 Å². The van der Waals surface area contributed by atoms with Crippen LogP contribution in [0.3, 0.4) is 0 Å². The minimum absolute atomic E-state index is 0.141. The molecular weight excluding hydrogens is 278 g/mol. The van der Waals surface area contributed by atoms with E-state index in [0.29, 0.717) is 25.4 Å². The van der Waals surface area contributed by atoms with E-state index in [1.807, 2.05) is 18.2 Å². The third kappa shape index (κ3) is 2.63. The van der Waals surface area contributed by atoms with Gasteiger partial charge in [-0.2, -0.15) is 0 Å². The zero-order valence-corrected chi connectivity index (χ0v) is 12.7. The summed E-state index contributed by atoms with van der Waals surface area (Å²) in [5, 5.41) is 14.1. The molecule has 1 aliphatic carbocycles. The number of nitrogens with zero attached hydrogens (tertiary/aromatic N) is 2. The summed E-state index contributed by atoms with van der Waals surface area (Å²) in [5.74, 6) is 0.141. The monoisotopic (exact) mass is 301 g/mol. The lowest BCUT2D eigenvalue weighted by molar-refractivity contribution is -0.126. The van der Waals surface area contributed by atoms with Gasteiger partial charge in [-0.05, 0) is 50.7 Å². The van der Waals surface area contributed by atoms with Crippen molar-refractivity contribution in [3.8, 4) is 0 Å². The molecule has 118 valence electrons. The van der Waals surface area contributed by atoms with E-state index in [1.54, 1.807) is 6.20 Å². The van der Waals surface area contributed by atoms with Crippen LogP contribution in [0.5, 0.6) is 0 Å². The molecule has 1 aromatic rings. The first-order valence-corrected chi connectivity index (χ1v) is 8.33. The van der Waals surface area contributed by atoms with Crippen molar-refractivity contribution in [1.29, 1.82) is 0 Å². The number of rotatable bonds is 4. The van der Waals surface area contributed by atoms with Gasteiger partial charge in [-0.25, -0.2) is 0 Å². The molecule has 5 nitrogen and oxygen atoms in total. The molecule has 2 N–H and O–H groups in total. The van der Waals surface area contributed by atoms with Gasteiger partial charge in [-0.15, -0.1) is 0 Å². The predicted molar refractivity (Wildman–Crippen MR) is 82.0 cm³/mol. The molecule has 3 atom stereocenters.